The van der Waals surface area contributed by atoms with Crippen LogP contribution >= 0.6 is 0 Å². The predicted molar refractivity (Wildman–Crippen MR) is 128 cm³/mol. The molecule has 0 aliphatic carbocycles. The molecule has 0 radical (unpaired) electrons. The van der Waals surface area contributed by atoms with Gasteiger partial charge in [-0.15, -0.1) is 0 Å². The van der Waals surface area contributed by atoms with Crippen LogP contribution in [0.2, 0.25) is 0 Å². The van der Waals surface area contributed by atoms with Crippen molar-refractivity contribution in [2.75, 3.05) is 38.5 Å². The van der Waals surface area contributed by atoms with E-state index in [0.29, 0.717) is 11.5 Å². The lowest BCUT2D eigenvalue weighted by Crippen LogP contribution is -2.47. The lowest BCUT2D eigenvalue weighted by Gasteiger charge is -2.32. The number of nitrogens with one attached hydrogen (secondary N) is 1. The first-order chi connectivity index (χ1) is 16.2. The molecule has 8 nitrogen and oxygen atoms in total. The van der Waals surface area contributed by atoms with Crippen molar-refractivity contribution in [2.24, 2.45) is 0 Å². The largest absolute Gasteiger partial charge is 0.336 e. The molecule has 1 aliphatic rings. The zero-order valence-electron chi connectivity index (χ0n) is 18.4. The Morgan fingerprint density at radius 3 is 2.39 bits per heavy atom. The second kappa shape index (κ2) is 9.22. The Labute approximate surface area is 192 Å². The number of aromatic nitrogens is 4. The van der Waals surface area contributed by atoms with Crippen LogP contribution in [0.4, 0.5) is 11.6 Å². The van der Waals surface area contributed by atoms with Crippen LogP contribution in [0, 0.1) is 0 Å². The molecule has 8 heteroatoms. The van der Waals surface area contributed by atoms with Gasteiger partial charge in [-0.05, 0) is 55.6 Å². The highest BCUT2D eigenvalue weighted by Crippen LogP contribution is 2.20. The number of likely N-dealkylation sites (N-methyl/N-ethyl adjacent to an activating group) is 1. The van der Waals surface area contributed by atoms with Crippen molar-refractivity contribution in [2.45, 2.75) is 0 Å². The van der Waals surface area contributed by atoms with E-state index < -0.39 is 0 Å². The van der Waals surface area contributed by atoms with Gasteiger partial charge in [-0.2, -0.15) is 5.10 Å². The van der Waals surface area contributed by atoms with Crippen molar-refractivity contribution in [3.05, 3.63) is 84.7 Å². The molecule has 1 aliphatic heterocycles. The highest BCUT2D eigenvalue weighted by Gasteiger charge is 2.20. The highest BCUT2D eigenvalue weighted by atomic mass is 16.2. The fourth-order valence-electron chi connectivity index (χ4n) is 3.76. The summed E-state index contributed by atoms with van der Waals surface area (Å²) in [6.45, 7) is 3.33. The van der Waals surface area contributed by atoms with Crippen LogP contribution in [0.15, 0.2) is 79.1 Å². The number of benzene rings is 2. The Balaban J connectivity index is 1.27. The van der Waals surface area contributed by atoms with Gasteiger partial charge in [-0.1, -0.05) is 18.2 Å². The molecule has 3 heterocycles. The number of anilines is 2. The van der Waals surface area contributed by atoms with Gasteiger partial charge >= 0.3 is 0 Å². The summed E-state index contributed by atoms with van der Waals surface area (Å²) in [6, 6.07) is 21.1. The Hall–Kier alpha value is -4.04. The van der Waals surface area contributed by atoms with E-state index in [4.69, 9.17) is 0 Å². The fraction of sp³-hybridized carbons (Fsp3) is 0.200. The minimum absolute atomic E-state index is 0.0712. The van der Waals surface area contributed by atoms with Gasteiger partial charge in [-0.3, -0.25) is 4.79 Å². The van der Waals surface area contributed by atoms with Crippen molar-refractivity contribution in [1.29, 1.82) is 0 Å². The zero-order valence-corrected chi connectivity index (χ0v) is 18.4. The fourth-order valence-corrected chi connectivity index (χ4v) is 3.76. The standard InChI is InChI=1S/C25H25N7O/c1-30-15-17-31(18-16-30)24(33)19-7-9-20(10-8-19)27-25-26-13-11-22(28-25)23-12-14-32(29-23)21-5-3-2-4-6-21/h2-14H,15-18H2,1H3,(H,26,27,28). The summed E-state index contributed by atoms with van der Waals surface area (Å²) in [6.07, 6.45) is 3.62. The molecule has 0 bridgehead atoms. The van der Waals surface area contributed by atoms with Crippen LogP contribution in [0.5, 0.6) is 0 Å². The van der Waals surface area contributed by atoms with Crippen LogP contribution < -0.4 is 5.32 Å². The van der Waals surface area contributed by atoms with Crippen molar-refractivity contribution >= 4 is 17.5 Å². The number of amides is 1. The minimum atomic E-state index is 0.0712. The number of hydrogen-bond donors (Lipinski definition) is 1. The summed E-state index contributed by atoms with van der Waals surface area (Å²) in [5.74, 6) is 0.543. The van der Waals surface area contributed by atoms with Crippen LogP contribution in [0.1, 0.15) is 10.4 Å². The van der Waals surface area contributed by atoms with E-state index in [1.807, 2.05) is 82.5 Å². The molecule has 0 saturated carbocycles. The Morgan fingerprint density at radius 2 is 1.64 bits per heavy atom. The first-order valence-electron chi connectivity index (χ1n) is 11.0. The molecule has 5 rings (SSSR count). The molecule has 1 N–H and O–H groups in total. The summed E-state index contributed by atoms with van der Waals surface area (Å²) >= 11 is 0. The zero-order chi connectivity index (χ0) is 22.6. The minimum Gasteiger partial charge on any atom is -0.336 e. The average molecular weight is 440 g/mol. The maximum atomic E-state index is 12.7. The SMILES string of the molecule is CN1CCN(C(=O)c2ccc(Nc3nccc(-c4ccn(-c5ccccc5)n4)n3)cc2)CC1. The van der Waals surface area contributed by atoms with Crippen molar-refractivity contribution in [3.8, 4) is 17.1 Å². The number of carbonyl (C=O) groups is 1. The average Bonchev–Trinajstić information content (AvgIpc) is 3.36. The second-order valence-electron chi connectivity index (χ2n) is 8.04. The van der Waals surface area contributed by atoms with E-state index in [0.717, 1.165) is 48.9 Å². The lowest BCUT2D eigenvalue weighted by atomic mass is 10.1. The molecule has 1 amide bonds. The van der Waals surface area contributed by atoms with Gasteiger partial charge in [0.25, 0.3) is 5.91 Å². The maximum absolute atomic E-state index is 12.7. The van der Waals surface area contributed by atoms with Crippen molar-refractivity contribution < 1.29 is 4.79 Å². The van der Waals surface area contributed by atoms with Gasteiger partial charge < -0.3 is 15.1 Å². The number of piperazine rings is 1. The molecule has 4 aromatic rings. The monoisotopic (exact) mass is 439 g/mol. The summed E-state index contributed by atoms with van der Waals surface area (Å²) in [5, 5.41) is 7.85. The first kappa shape index (κ1) is 20.8. The van der Waals surface area contributed by atoms with Crippen LogP contribution in [0.25, 0.3) is 17.1 Å². The van der Waals surface area contributed by atoms with Crippen molar-refractivity contribution in [3.63, 3.8) is 0 Å². The Bertz CT molecular complexity index is 1230. The highest BCUT2D eigenvalue weighted by molar-refractivity contribution is 5.94. The van der Waals surface area contributed by atoms with Gasteiger partial charge in [0.15, 0.2) is 0 Å². The van der Waals surface area contributed by atoms with E-state index in [9.17, 15) is 4.79 Å². The van der Waals surface area contributed by atoms with Gasteiger partial charge in [0.1, 0.15) is 5.69 Å². The number of rotatable bonds is 5. The van der Waals surface area contributed by atoms with Crippen LogP contribution in [0.3, 0.4) is 0 Å². The third-order valence-electron chi connectivity index (χ3n) is 5.71. The van der Waals surface area contributed by atoms with Gasteiger partial charge in [0.2, 0.25) is 5.95 Å². The van der Waals surface area contributed by atoms with E-state index >= 15 is 0 Å². The third-order valence-corrected chi connectivity index (χ3v) is 5.71. The molecule has 2 aromatic carbocycles. The smallest absolute Gasteiger partial charge is 0.253 e. The van der Waals surface area contributed by atoms with E-state index in [-0.39, 0.29) is 5.91 Å². The maximum Gasteiger partial charge on any atom is 0.253 e. The normalized spacial score (nSPS) is 14.3. The summed E-state index contributed by atoms with van der Waals surface area (Å²) < 4.78 is 1.82. The molecule has 0 unspecified atom stereocenters. The van der Waals surface area contributed by atoms with Crippen LogP contribution in [-0.2, 0) is 0 Å². The molecule has 1 saturated heterocycles. The molecule has 2 aromatic heterocycles. The molecule has 1 fully saturated rings. The van der Waals surface area contributed by atoms with Gasteiger partial charge in [-0.25, -0.2) is 14.6 Å². The number of nitrogens with zero attached hydrogens (tertiary/aromatic N) is 6. The molecule has 33 heavy (non-hydrogen) atoms. The third kappa shape index (κ3) is 4.75. The van der Waals surface area contributed by atoms with Gasteiger partial charge in [0, 0.05) is 49.8 Å². The summed E-state index contributed by atoms with van der Waals surface area (Å²) in [5.41, 5.74) is 3.98. The van der Waals surface area contributed by atoms with E-state index in [2.05, 4.69) is 32.3 Å². The molecule has 166 valence electrons. The number of hydrogen-bond acceptors (Lipinski definition) is 6. The van der Waals surface area contributed by atoms with E-state index in [1.165, 1.54) is 0 Å². The van der Waals surface area contributed by atoms with Crippen LogP contribution in [-0.4, -0.2) is 68.7 Å². The molecule has 0 spiro atoms. The first-order valence-corrected chi connectivity index (χ1v) is 11.0. The van der Waals surface area contributed by atoms with Crippen molar-refractivity contribution in [1.82, 2.24) is 29.5 Å². The summed E-state index contributed by atoms with van der Waals surface area (Å²) in [7, 11) is 2.08. The predicted octanol–water partition coefficient (Wildman–Crippen LogP) is 3.46. The number of carbonyl (C=O) groups excluding carboxylic acids is 1. The second-order valence-corrected chi connectivity index (χ2v) is 8.04. The van der Waals surface area contributed by atoms with E-state index in [1.54, 1.807) is 6.20 Å². The molecular weight excluding hydrogens is 414 g/mol. The quantitative estimate of drug-likeness (QED) is 0.513. The molecule has 0 atom stereocenters. The Morgan fingerprint density at radius 1 is 0.879 bits per heavy atom. The lowest BCUT2D eigenvalue weighted by molar-refractivity contribution is 0.0664. The number of para-hydroxylation sites is 1. The Kier molecular flexibility index (Phi) is 5.82. The molecular formula is C25H25N7O. The summed E-state index contributed by atoms with van der Waals surface area (Å²) in [4.78, 5) is 25.8. The van der Waals surface area contributed by atoms with Gasteiger partial charge in [0.05, 0.1) is 11.4 Å². The topological polar surface area (TPSA) is 79.2 Å².